The first-order valence-electron chi connectivity index (χ1n) is 8.90. The van der Waals surface area contributed by atoms with Gasteiger partial charge in [0.15, 0.2) is 0 Å². The molecule has 5 heteroatoms. The third kappa shape index (κ3) is 5.76. The van der Waals surface area contributed by atoms with E-state index in [1.165, 1.54) is 12.8 Å². The molecule has 2 fully saturated rings. The number of nitrogens with zero attached hydrogens (tertiary/aromatic N) is 1. The molecule has 2 saturated heterocycles. The van der Waals surface area contributed by atoms with E-state index in [-0.39, 0.29) is 6.03 Å². The zero-order chi connectivity index (χ0) is 15.8. The zero-order valence-electron chi connectivity index (χ0n) is 14.2. The molecular weight excluding hydrogens is 280 g/mol. The number of ether oxygens (including phenoxy) is 2. The molecule has 128 valence electrons. The molecule has 0 saturated carbocycles. The predicted octanol–water partition coefficient (Wildman–Crippen LogP) is 2.79. The largest absolute Gasteiger partial charge is 0.381 e. The quantitative estimate of drug-likeness (QED) is 0.794. The third-order valence-electron chi connectivity index (χ3n) is 4.74. The van der Waals surface area contributed by atoms with Gasteiger partial charge in [-0.05, 0) is 44.9 Å². The number of urea groups is 1. The maximum Gasteiger partial charge on any atom is 0.317 e. The van der Waals surface area contributed by atoms with E-state index in [1.54, 1.807) is 0 Å². The lowest BCUT2D eigenvalue weighted by Gasteiger charge is -2.29. The van der Waals surface area contributed by atoms with Crippen LogP contribution in [-0.4, -0.2) is 56.0 Å². The van der Waals surface area contributed by atoms with Gasteiger partial charge in [-0.15, -0.1) is 0 Å². The van der Waals surface area contributed by atoms with Gasteiger partial charge in [-0.2, -0.15) is 0 Å². The maximum atomic E-state index is 12.3. The van der Waals surface area contributed by atoms with E-state index >= 15 is 0 Å². The molecule has 0 radical (unpaired) electrons. The summed E-state index contributed by atoms with van der Waals surface area (Å²) in [6, 6.07) is 0.441. The summed E-state index contributed by atoms with van der Waals surface area (Å²) >= 11 is 0. The second kappa shape index (κ2) is 9.36. The zero-order valence-corrected chi connectivity index (χ0v) is 14.2. The van der Waals surface area contributed by atoms with Gasteiger partial charge in [0, 0.05) is 39.0 Å². The van der Waals surface area contributed by atoms with Crippen LogP contribution in [-0.2, 0) is 9.47 Å². The molecule has 0 aromatic rings. The first kappa shape index (κ1) is 17.5. The van der Waals surface area contributed by atoms with Gasteiger partial charge in [0.2, 0.25) is 0 Å². The lowest BCUT2D eigenvalue weighted by Crippen LogP contribution is -2.46. The van der Waals surface area contributed by atoms with Crippen molar-refractivity contribution in [1.82, 2.24) is 10.2 Å². The van der Waals surface area contributed by atoms with Crippen LogP contribution < -0.4 is 5.32 Å². The summed E-state index contributed by atoms with van der Waals surface area (Å²) in [6.45, 7) is 8.31. The Labute approximate surface area is 134 Å². The summed E-state index contributed by atoms with van der Waals surface area (Å²) in [5.41, 5.74) is 0. The molecular formula is C17H32N2O3. The Kier molecular flexibility index (Phi) is 7.46. The van der Waals surface area contributed by atoms with Gasteiger partial charge < -0.3 is 19.7 Å². The highest BCUT2D eigenvalue weighted by atomic mass is 16.5. The Morgan fingerprint density at radius 3 is 2.77 bits per heavy atom. The van der Waals surface area contributed by atoms with Crippen molar-refractivity contribution in [2.24, 2.45) is 5.92 Å². The van der Waals surface area contributed by atoms with Crippen molar-refractivity contribution < 1.29 is 14.3 Å². The molecule has 2 aliphatic heterocycles. The number of rotatable bonds is 5. The SMILES string of the molecule is C[C@H]1CCC[C@H](C)N(C(=O)NCCCOC2CCOCC2)C1. The highest BCUT2D eigenvalue weighted by Crippen LogP contribution is 2.20. The fraction of sp³-hybridized carbons (Fsp3) is 0.941. The van der Waals surface area contributed by atoms with Crippen LogP contribution in [0.5, 0.6) is 0 Å². The smallest absolute Gasteiger partial charge is 0.317 e. The van der Waals surface area contributed by atoms with Gasteiger partial charge in [0.25, 0.3) is 0 Å². The van der Waals surface area contributed by atoms with Crippen LogP contribution >= 0.6 is 0 Å². The van der Waals surface area contributed by atoms with Crippen LogP contribution in [0.25, 0.3) is 0 Å². The highest BCUT2D eigenvalue weighted by molar-refractivity contribution is 5.74. The van der Waals surface area contributed by atoms with Crippen LogP contribution in [0.3, 0.4) is 0 Å². The summed E-state index contributed by atoms with van der Waals surface area (Å²) < 4.78 is 11.1. The van der Waals surface area contributed by atoms with E-state index in [0.29, 0.717) is 24.6 Å². The van der Waals surface area contributed by atoms with E-state index in [4.69, 9.17) is 9.47 Å². The molecule has 2 aliphatic rings. The average Bonchev–Trinajstić information content (AvgIpc) is 2.69. The molecule has 0 bridgehead atoms. The maximum absolute atomic E-state index is 12.3. The predicted molar refractivity (Wildman–Crippen MR) is 87.0 cm³/mol. The standard InChI is InChI=1S/C17H32N2O3/c1-14-5-3-6-15(2)19(13-14)17(20)18-9-4-10-22-16-7-11-21-12-8-16/h14-16H,3-13H2,1-2H3,(H,18,20)/t14-,15-/m0/s1. The van der Waals surface area contributed by atoms with Crippen molar-refractivity contribution in [2.45, 2.75) is 64.5 Å². The molecule has 0 aliphatic carbocycles. The Hall–Kier alpha value is -0.810. The molecule has 22 heavy (non-hydrogen) atoms. The normalized spacial score (nSPS) is 27.5. The van der Waals surface area contributed by atoms with Gasteiger partial charge in [-0.1, -0.05) is 13.3 Å². The number of nitrogens with one attached hydrogen (secondary N) is 1. The van der Waals surface area contributed by atoms with Crippen LogP contribution in [0.2, 0.25) is 0 Å². The van der Waals surface area contributed by atoms with Gasteiger partial charge in [0.1, 0.15) is 0 Å². The lowest BCUT2D eigenvalue weighted by atomic mass is 10.1. The molecule has 0 aromatic heterocycles. The van der Waals surface area contributed by atoms with Crippen LogP contribution in [0.15, 0.2) is 0 Å². The first-order valence-corrected chi connectivity index (χ1v) is 8.90. The topological polar surface area (TPSA) is 50.8 Å². The van der Waals surface area contributed by atoms with Crippen molar-refractivity contribution in [2.75, 3.05) is 32.9 Å². The molecule has 5 nitrogen and oxygen atoms in total. The number of amides is 2. The lowest BCUT2D eigenvalue weighted by molar-refractivity contribution is -0.0321. The summed E-state index contributed by atoms with van der Waals surface area (Å²) in [7, 11) is 0. The Morgan fingerprint density at radius 1 is 1.23 bits per heavy atom. The van der Waals surface area contributed by atoms with Crippen molar-refractivity contribution in [1.29, 1.82) is 0 Å². The number of hydrogen-bond acceptors (Lipinski definition) is 3. The molecule has 0 spiro atoms. The van der Waals surface area contributed by atoms with Crippen LogP contribution in [0, 0.1) is 5.92 Å². The van der Waals surface area contributed by atoms with Gasteiger partial charge in [0.05, 0.1) is 6.10 Å². The Bertz CT molecular complexity index is 332. The fourth-order valence-corrected chi connectivity index (χ4v) is 3.27. The van der Waals surface area contributed by atoms with E-state index < -0.39 is 0 Å². The molecule has 2 amide bonds. The monoisotopic (exact) mass is 312 g/mol. The van der Waals surface area contributed by atoms with Crippen molar-refractivity contribution in [3.8, 4) is 0 Å². The highest BCUT2D eigenvalue weighted by Gasteiger charge is 2.24. The molecule has 2 heterocycles. The van der Waals surface area contributed by atoms with Gasteiger partial charge in [-0.25, -0.2) is 4.79 Å². The minimum absolute atomic E-state index is 0.0901. The summed E-state index contributed by atoms with van der Waals surface area (Å²) in [5.74, 6) is 0.604. The molecule has 0 aromatic carbocycles. The summed E-state index contributed by atoms with van der Waals surface area (Å²) in [4.78, 5) is 14.3. The van der Waals surface area contributed by atoms with E-state index in [0.717, 1.165) is 52.0 Å². The fourth-order valence-electron chi connectivity index (χ4n) is 3.27. The van der Waals surface area contributed by atoms with E-state index in [2.05, 4.69) is 19.2 Å². The number of carbonyl (C=O) groups is 1. The molecule has 2 atom stereocenters. The Balaban J connectivity index is 1.60. The summed E-state index contributed by atoms with van der Waals surface area (Å²) in [6.07, 6.45) is 6.78. The first-order chi connectivity index (χ1) is 10.7. The average molecular weight is 312 g/mol. The number of hydrogen-bond donors (Lipinski definition) is 1. The summed E-state index contributed by atoms with van der Waals surface area (Å²) in [5, 5.41) is 3.05. The van der Waals surface area contributed by atoms with Gasteiger partial charge >= 0.3 is 6.03 Å². The minimum atomic E-state index is 0.0901. The van der Waals surface area contributed by atoms with Crippen molar-refractivity contribution in [3.05, 3.63) is 0 Å². The minimum Gasteiger partial charge on any atom is -0.381 e. The number of carbonyl (C=O) groups excluding carboxylic acids is 1. The number of likely N-dealkylation sites (tertiary alicyclic amines) is 1. The molecule has 0 unspecified atom stereocenters. The third-order valence-corrected chi connectivity index (χ3v) is 4.74. The second-order valence-corrected chi connectivity index (χ2v) is 6.81. The Morgan fingerprint density at radius 2 is 2.00 bits per heavy atom. The van der Waals surface area contributed by atoms with Crippen molar-refractivity contribution in [3.63, 3.8) is 0 Å². The van der Waals surface area contributed by atoms with E-state index in [1.807, 2.05) is 4.90 Å². The van der Waals surface area contributed by atoms with Crippen LogP contribution in [0.4, 0.5) is 4.79 Å². The second-order valence-electron chi connectivity index (χ2n) is 6.81. The van der Waals surface area contributed by atoms with Crippen LogP contribution in [0.1, 0.15) is 52.4 Å². The molecule has 1 N–H and O–H groups in total. The van der Waals surface area contributed by atoms with E-state index in [9.17, 15) is 4.79 Å². The molecule has 2 rings (SSSR count). The van der Waals surface area contributed by atoms with Gasteiger partial charge in [-0.3, -0.25) is 0 Å². The van der Waals surface area contributed by atoms with Crippen molar-refractivity contribution >= 4 is 6.03 Å².